The lowest BCUT2D eigenvalue weighted by atomic mass is 9.80. The summed E-state index contributed by atoms with van der Waals surface area (Å²) < 4.78 is 5.64. The predicted molar refractivity (Wildman–Crippen MR) is 78.8 cm³/mol. The molecule has 0 spiro atoms. The van der Waals surface area contributed by atoms with E-state index in [1.54, 1.807) is 18.2 Å². The van der Waals surface area contributed by atoms with Crippen LogP contribution in [0.4, 0.5) is 0 Å². The highest BCUT2D eigenvalue weighted by Crippen LogP contribution is 2.16. The standard InChI is InChI=1S/C14H24BNO3/c1-5-14(2,3)16(4)9-10-19-13-8-6-7-12(11-13)15(17)18/h6-8,11,17-18H,5,9-10H2,1-4H3. The highest BCUT2D eigenvalue weighted by atomic mass is 16.5. The Morgan fingerprint density at radius 3 is 2.58 bits per heavy atom. The summed E-state index contributed by atoms with van der Waals surface area (Å²) in [4.78, 5) is 2.26. The minimum atomic E-state index is -1.45. The van der Waals surface area contributed by atoms with Crippen molar-refractivity contribution in [2.45, 2.75) is 32.7 Å². The predicted octanol–water partition coefficient (Wildman–Crippen LogP) is 0.866. The van der Waals surface area contributed by atoms with E-state index in [1.807, 2.05) is 6.07 Å². The van der Waals surface area contributed by atoms with Gasteiger partial charge in [0, 0.05) is 12.1 Å². The Hall–Kier alpha value is -1.04. The van der Waals surface area contributed by atoms with Crippen molar-refractivity contribution in [3.8, 4) is 5.75 Å². The average molecular weight is 265 g/mol. The molecule has 0 bridgehead atoms. The first-order valence-corrected chi connectivity index (χ1v) is 6.67. The van der Waals surface area contributed by atoms with Crippen LogP contribution < -0.4 is 10.2 Å². The molecule has 1 rings (SSSR count). The normalized spacial score (nSPS) is 11.7. The van der Waals surface area contributed by atoms with Crippen molar-refractivity contribution in [3.63, 3.8) is 0 Å². The van der Waals surface area contributed by atoms with Gasteiger partial charge in [-0.3, -0.25) is 4.90 Å². The summed E-state index contributed by atoms with van der Waals surface area (Å²) >= 11 is 0. The van der Waals surface area contributed by atoms with Crippen LogP contribution in [-0.2, 0) is 0 Å². The van der Waals surface area contributed by atoms with Crippen molar-refractivity contribution in [2.75, 3.05) is 20.2 Å². The Morgan fingerprint density at radius 2 is 2.00 bits per heavy atom. The van der Waals surface area contributed by atoms with E-state index in [0.29, 0.717) is 17.8 Å². The summed E-state index contributed by atoms with van der Waals surface area (Å²) in [6.07, 6.45) is 1.08. The molecule has 4 nitrogen and oxygen atoms in total. The fourth-order valence-corrected chi connectivity index (χ4v) is 1.64. The molecule has 0 fully saturated rings. The Kier molecular flexibility index (Phi) is 5.85. The molecule has 106 valence electrons. The first kappa shape index (κ1) is 16.0. The van der Waals surface area contributed by atoms with Crippen LogP contribution >= 0.6 is 0 Å². The van der Waals surface area contributed by atoms with Crippen LogP contribution in [0.15, 0.2) is 24.3 Å². The minimum Gasteiger partial charge on any atom is -0.492 e. The lowest BCUT2D eigenvalue weighted by Gasteiger charge is -2.34. The van der Waals surface area contributed by atoms with Gasteiger partial charge in [-0.1, -0.05) is 19.1 Å². The molecule has 0 radical (unpaired) electrons. The second kappa shape index (κ2) is 6.94. The molecule has 0 saturated carbocycles. The van der Waals surface area contributed by atoms with Gasteiger partial charge < -0.3 is 14.8 Å². The Labute approximate surface area is 116 Å². The third-order valence-electron chi connectivity index (χ3n) is 3.75. The molecule has 0 aliphatic rings. The second-order valence-corrected chi connectivity index (χ2v) is 5.38. The maximum absolute atomic E-state index is 9.09. The average Bonchev–Trinajstić information content (AvgIpc) is 2.38. The molecule has 5 heteroatoms. The number of hydrogen-bond acceptors (Lipinski definition) is 4. The quantitative estimate of drug-likeness (QED) is 0.718. The number of nitrogens with zero attached hydrogens (tertiary/aromatic N) is 1. The first-order valence-electron chi connectivity index (χ1n) is 6.67. The van der Waals surface area contributed by atoms with Crippen molar-refractivity contribution >= 4 is 12.6 Å². The summed E-state index contributed by atoms with van der Waals surface area (Å²) in [5.41, 5.74) is 0.603. The minimum absolute atomic E-state index is 0.159. The van der Waals surface area contributed by atoms with E-state index < -0.39 is 7.12 Å². The van der Waals surface area contributed by atoms with Crippen molar-refractivity contribution in [1.82, 2.24) is 4.90 Å². The third-order valence-corrected chi connectivity index (χ3v) is 3.75. The number of rotatable bonds is 7. The second-order valence-electron chi connectivity index (χ2n) is 5.38. The molecule has 0 saturated heterocycles. The topological polar surface area (TPSA) is 52.9 Å². The van der Waals surface area contributed by atoms with Gasteiger partial charge in [-0.05, 0) is 44.9 Å². The highest BCUT2D eigenvalue weighted by Gasteiger charge is 2.20. The number of benzene rings is 1. The smallest absolute Gasteiger partial charge is 0.488 e. The molecular formula is C14H24BNO3. The molecule has 19 heavy (non-hydrogen) atoms. The van der Waals surface area contributed by atoms with Crippen LogP contribution in [0.25, 0.3) is 0 Å². The Morgan fingerprint density at radius 1 is 1.32 bits per heavy atom. The Balaban J connectivity index is 2.47. The summed E-state index contributed by atoms with van der Waals surface area (Å²) in [7, 11) is 0.631. The molecule has 1 aromatic rings. The molecule has 1 aromatic carbocycles. The van der Waals surface area contributed by atoms with Gasteiger partial charge in [0.2, 0.25) is 0 Å². The van der Waals surface area contributed by atoms with Crippen molar-refractivity contribution in [1.29, 1.82) is 0 Å². The summed E-state index contributed by atoms with van der Waals surface area (Å²) in [6.45, 7) is 7.98. The molecule has 0 heterocycles. The SMILES string of the molecule is CCC(C)(C)N(C)CCOc1cccc(B(O)O)c1. The molecule has 0 unspecified atom stereocenters. The van der Waals surface area contributed by atoms with Crippen molar-refractivity contribution in [2.24, 2.45) is 0 Å². The van der Waals surface area contributed by atoms with Crippen LogP contribution in [0, 0.1) is 0 Å². The largest absolute Gasteiger partial charge is 0.492 e. The van der Waals surface area contributed by atoms with E-state index in [0.717, 1.165) is 13.0 Å². The van der Waals surface area contributed by atoms with Crippen LogP contribution in [-0.4, -0.2) is 47.8 Å². The van der Waals surface area contributed by atoms with Gasteiger partial charge in [-0.2, -0.15) is 0 Å². The lowest BCUT2D eigenvalue weighted by Crippen LogP contribution is -2.42. The molecular weight excluding hydrogens is 241 g/mol. The van der Waals surface area contributed by atoms with E-state index in [-0.39, 0.29) is 5.54 Å². The highest BCUT2D eigenvalue weighted by molar-refractivity contribution is 6.58. The molecule has 2 N–H and O–H groups in total. The first-order chi connectivity index (χ1) is 8.86. The zero-order valence-corrected chi connectivity index (χ0v) is 12.3. The van der Waals surface area contributed by atoms with Gasteiger partial charge in [0.25, 0.3) is 0 Å². The van der Waals surface area contributed by atoms with Crippen molar-refractivity contribution < 1.29 is 14.8 Å². The van der Waals surface area contributed by atoms with Crippen molar-refractivity contribution in [3.05, 3.63) is 24.3 Å². The van der Waals surface area contributed by atoms with Gasteiger partial charge >= 0.3 is 7.12 Å². The lowest BCUT2D eigenvalue weighted by molar-refractivity contribution is 0.125. The number of likely N-dealkylation sites (N-methyl/N-ethyl adjacent to an activating group) is 1. The van der Waals surface area contributed by atoms with Crippen LogP contribution in [0.1, 0.15) is 27.2 Å². The van der Waals surface area contributed by atoms with E-state index in [4.69, 9.17) is 14.8 Å². The van der Waals surface area contributed by atoms with Crippen LogP contribution in [0.5, 0.6) is 5.75 Å². The maximum Gasteiger partial charge on any atom is 0.488 e. The fourth-order valence-electron chi connectivity index (χ4n) is 1.64. The zero-order valence-electron chi connectivity index (χ0n) is 12.3. The third kappa shape index (κ3) is 4.86. The maximum atomic E-state index is 9.09. The van der Waals surface area contributed by atoms with Gasteiger partial charge in [0.1, 0.15) is 12.4 Å². The van der Waals surface area contributed by atoms with Gasteiger partial charge in [-0.25, -0.2) is 0 Å². The van der Waals surface area contributed by atoms with Gasteiger partial charge in [0.15, 0.2) is 0 Å². The monoisotopic (exact) mass is 265 g/mol. The molecule has 0 atom stereocenters. The molecule has 0 aliphatic carbocycles. The number of hydrogen-bond donors (Lipinski definition) is 2. The van der Waals surface area contributed by atoms with Gasteiger partial charge in [-0.15, -0.1) is 0 Å². The van der Waals surface area contributed by atoms with E-state index in [9.17, 15) is 0 Å². The summed E-state index contributed by atoms with van der Waals surface area (Å²) in [5.74, 6) is 0.660. The van der Waals surface area contributed by atoms with E-state index >= 15 is 0 Å². The van der Waals surface area contributed by atoms with Crippen LogP contribution in [0.2, 0.25) is 0 Å². The van der Waals surface area contributed by atoms with Crippen LogP contribution in [0.3, 0.4) is 0 Å². The molecule has 0 aliphatic heterocycles. The zero-order chi connectivity index (χ0) is 14.5. The summed E-state index contributed by atoms with van der Waals surface area (Å²) in [6, 6.07) is 6.88. The van der Waals surface area contributed by atoms with E-state index in [1.165, 1.54) is 0 Å². The molecule has 0 aromatic heterocycles. The summed E-state index contributed by atoms with van der Waals surface area (Å²) in [5, 5.41) is 18.2. The van der Waals surface area contributed by atoms with E-state index in [2.05, 4.69) is 32.7 Å². The fraction of sp³-hybridized carbons (Fsp3) is 0.571. The molecule has 0 amide bonds. The number of ether oxygens (including phenoxy) is 1. The Bertz CT molecular complexity index is 396. The van der Waals surface area contributed by atoms with Gasteiger partial charge in [0.05, 0.1) is 0 Å².